The van der Waals surface area contributed by atoms with Crippen molar-refractivity contribution in [3.8, 4) is 5.75 Å². The van der Waals surface area contributed by atoms with Gasteiger partial charge < -0.3 is 15.8 Å². The van der Waals surface area contributed by atoms with Crippen LogP contribution in [0.15, 0.2) is 23.1 Å². The van der Waals surface area contributed by atoms with Crippen LogP contribution in [0.3, 0.4) is 0 Å². The number of carbonyl (C=O) groups is 1. The molecule has 0 heterocycles. The Kier molecular flexibility index (Phi) is 6.56. The molecule has 0 radical (unpaired) electrons. The van der Waals surface area contributed by atoms with Gasteiger partial charge in [0.25, 0.3) is 0 Å². The van der Waals surface area contributed by atoms with Crippen molar-refractivity contribution in [1.82, 2.24) is 5.32 Å². The molecule has 0 aliphatic rings. The SMILES string of the molecule is CCCNC(=O)C(C)Sc1cc(OCC)ccc1N. The van der Waals surface area contributed by atoms with E-state index in [0.717, 1.165) is 17.1 Å². The maximum absolute atomic E-state index is 11.8. The van der Waals surface area contributed by atoms with E-state index < -0.39 is 0 Å². The summed E-state index contributed by atoms with van der Waals surface area (Å²) in [5.74, 6) is 0.813. The molecule has 4 nitrogen and oxygen atoms in total. The molecule has 3 N–H and O–H groups in total. The van der Waals surface area contributed by atoms with Crippen molar-refractivity contribution in [3.05, 3.63) is 18.2 Å². The number of hydrogen-bond donors (Lipinski definition) is 2. The van der Waals surface area contributed by atoms with Gasteiger partial charge >= 0.3 is 0 Å². The van der Waals surface area contributed by atoms with Crippen molar-refractivity contribution in [2.45, 2.75) is 37.3 Å². The Labute approximate surface area is 119 Å². The molecule has 1 unspecified atom stereocenters. The van der Waals surface area contributed by atoms with Crippen molar-refractivity contribution in [1.29, 1.82) is 0 Å². The fourth-order valence-corrected chi connectivity index (χ4v) is 2.47. The molecule has 106 valence electrons. The van der Waals surface area contributed by atoms with E-state index in [-0.39, 0.29) is 11.2 Å². The Bertz CT molecular complexity index is 424. The molecule has 0 aromatic heterocycles. The number of hydrogen-bond acceptors (Lipinski definition) is 4. The summed E-state index contributed by atoms with van der Waals surface area (Å²) in [6.07, 6.45) is 0.936. The highest BCUT2D eigenvalue weighted by Crippen LogP contribution is 2.32. The molecule has 0 bridgehead atoms. The monoisotopic (exact) mass is 282 g/mol. The van der Waals surface area contributed by atoms with Crippen molar-refractivity contribution >= 4 is 23.4 Å². The first kappa shape index (κ1) is 15.7. The number of nitrogens with one attached hydrogen (secondary N) is 1. The van der Waals surface area contributed by atoms with Gasteiger partial charge in [0.1, 0.15) is 5.75 Å². The van der Waals surface area contributed by atoms with Gasteiger partial charge in [0.2, 0.25) is 5.91 Å². The Morgan fingerprint density at radius 1 is 1.47 bits per heavy atom. The summed E-state index contributed by atoms with van der Waals surface area (Å²) in [6, 6.07) is 5.53. The van der Waals surface area contributed by atoms with E-state index in [1.54, 1.807) is 0 Å². The zero-order chi connectivity index (χ0) is 14.3. The van der Waals surface area contributed by atoms with Crippen LogP contribution in [-0.4, -0.2) is 24.3 Å². The average Bonchev–Trinajstić information content (AvgIpc) is 2.40. The highest BCUT2D eigenvalue weighted by Gasteiger charge is 2.15. The lowest BCUT2D eigenvalue weighted by Gasteiger charge is -2.14. The van der Waals surface area contributed by atoms with Crippen molar-refractivity contribution < 1.29 is 9.53 Å². The lowest BCUT2D eigenvalue weighted by atomic mass is 10.3. The number of carbonyl (C=O) groups excluding carboxylic acids is 1. The number of benzene rings is 1. The van der Waals surface area contributed by atoms with Crippen molar-refractivity contribution in [2.75, 3.05) is 18.9 Å². The Morgan fingerprint density at radius 2 is 2.21 bits per heavy atom. The van der Waals surface area contributed by atoms with E-state index in [0.29, 0.717) is 18.8 Å². The molecular formula is C14H22N2O2S. The summed E-state index contributed by atoms with van der Waals surface area (Å²) in [5.41, 5.74) is 6.60. The number of anilines is 1. The Balaban J connectivity index is 2.69. The van der Waals surface area contributed by atoms with Crippen LogP contribution < -0.4 is 15.8 Å². The minimum Gasteiger partial charge on any atom is -0.494 e. The molecule has 1 amide bonds. The number of nitrogens with two attached hydrogens (primary N) is 1. The third-order valence-corrected chi connectivity index (χ3v) is 3.69. The molecule has 0 aliphatic carbocycles. The van der Waals surface area contributed by atoms with E-state index in [9.17, 15) is 4.79 Å². The van der Waals surface area contributed by atoms with Gasteiger partial charge in [-0.15, -0.1) is 11.8 Å². The van der Waals surface area contributed by atoms with E-state index in [4.69, 9.17) is 10.5 Å². The maximum atomic E-state index is 11.8. The van der Waals surface area contributed by atoms with E-state index >= 15 is 0 Å². The minimum absolute atomic E-state index is 0.0352. The minimum atomic E-state index is -0.175. The summed E-state index contributed by atoms with van der Waals surface area (Å²) in [5, 5.41) is 2.70. The highest BCUT2D eigenvalue weighted by atomic mass is 32.2. The van der Waals surface area contributed by atoms with Gasteiger partial charge in [0.05, 0.1) is 11.9 Å². The molecule has 1 aromatic carbocycles. The molecular weight excluding hydrogens is 260 g/mol. The maximum Gasteiger partial charge on any atom is 0.233 e. The van der Waals surface area contributed by atoms with Crippen LogP contribution in [0.4, 0.5) is 5.69 Å². The van der Waals surface area contributed by atoms with Gasteiger partial charge in [0, 0.05) is 17.1 Å². The lowest BCUT2D eigenvalue weighted by molar-refractivity contribution is -0.120. The highest BCUT2D eigenvalue weighted by molar-refractivity contribution is 8.00. The first-order valence-electron chi connectivity index (χ1n) is 6.55. The molecule has 0 fully saturated rings. The van der Waals surface area contributed by atoms with E-state index in [2.05, 4.69) is 5.32 Å². The normalized spacial score (nSPS) is 11.9. The molecule has 5 heteroatoms. The van der Waals surface area contributed by atoms with Gasteiger partial charge in [-0.3, -0.25) is 4.79 Å². The molecule has 1 rings (SSSR count). The first-order valence-corrected chi connectivity index (χ1v) is 7.43. The number of nitrogen functional groups attached to an aromatic ring is 1. The summed E-state index contributed by atoms with van der Waals surface area (Å²) >= 11 is 1.45. The zero-order valence-corrected chi connectivity index (χ0v) is 12.5. The summed E-state index contributed by atoms with van der Waals surface area (Å²) in [7, 11) is 0. The summed E-state index contributed by atoms with van der Waals surface area (Å²) in [4.78, 5) is 12.7. The lowest BCUT2D eigenvalue weighted by Crippen LogP contribution is -2.31. The molecule has 0 saturated carbocycles. The molecule has 0 aliphatic heterocycles. The van der Waals surface area contributed by atoms with Crippen molar-refractivity contribution in [3.63, 3.8) is 0 Å². The van der Waals surface area contributed by atoms with Crippen LogP contribution >= 0.6 is 11.8 Å². The van der Waals surface area contributed by atoms with Gasteiger partial charge in [-0.1, -0.05) is 6.92 Å². The number of ether oxygens (including phenoxy) is 1. The second kappa shape index (κ2) is 7.94. The third-order valence-electron chi connectivity index (χ3n) is 2.52. The van der Waals surface area contributed by atoms with E-state index in [1.807, 2.05) is 39.0 Å². The molecule has 1 atom stereocenters. The molecule has 0 saturated heterocycles. The standard InChI is InChI=1S/C14H22N2O2S/c1-4-8-16-14(17)10(3)19-13-9-11(18-5-2)6-7-12(13)15/h6-7,9-10H,4-5,8,15H2,1-3H3,(H,16,17). The Morgan fingerprint density at radius 3 is 2.84 bits per heavy atom. The quantitative estimate of drug-likeness (QED) is 0.596. The molecule has 1 aromatic rings. The first-order chi connectivity index (χ1) is 9.08. The van der Waals surface area contributed by atoms with Crippen LogP contribution in [0.25, 0.3) is 0 Å². The van der Waals surface area contributed by atoms with Gasteiger partial charge in [-0.2, -0.15) is 0 Å². The number of amides is 1. The van der Waals surface area contributed by atoms with Crippen LogP contribution in [0.2, 0.25) is 0 Å². The zero-order valence-electron chi connectivity index (χ0n) is 11.7. The van der Waals surface area contributed by atoms with Gasteiger partial charge in [0.15, 0.2) is 0 Å². The van der Waals surface area contributed by atoms with Crippen LogP contribution in [0.5, 0.6) is 5.75 Å². The van der Waals surface area contributed by atoms with Gasteiger partial charge in [-0.25, -0.2) is 0 Å². The van der Waals surface area contributed by atoms with Crippen LogP contribution in [-0.2, 0) is 4.79 Å². The number of rotatable bonds is 7. The number of thioether (sulfide) groups is 1. The fourth-order valence-electron chi connectivity index (χ4n) is 1.51. The predicted molar refractivity (Wildman–Crippen MR) is 80.6 cm³/mol. The summed E-state index contributed by atoms with van der Waals surface area (Å²) < 4.78 is 5.44. The van der Waals surface area contributed by atoms with Crippen LogP contribution in [0.1, 0.15) is 27.2 Å². The molecule has 19 heavy (non-hydrogen) atoms. The smallest absolute Gasteiger partial charge is 0.233 e. The van der Waals surface area contributed by atoms with E-state index in [1.165, 1.54) is 11.8 Å². The summed E-state index contributed by atoms with van der Waals surface area (Å²) in [6.45, 7) is 7.16. The molecule has 0 spiro atoms. The van der Waals surface area contributed by atoms with Crippen LogP contribution in [0, 0.1) is 0 Å². The third kappa shape index (κ3) is 5.03. The topological polar surface area (TPSA) is 64.3 Å². The largest absolute Gasteiger partial charge is 0.494 e. The average molecular weight is 282 g/mol. The van der Waals surface area contributed by atoms with Gasteiger partial charge in [-0.05, 0) is 38.5 Å². The second-order valence-corrected chi connectivity index (χ2v) is 5.57. The van der Waals surface area contributed by atoms with Crippen molar-refractivity contribution in [2.24, 2.45) is 0 Å². The predicted octanol–water partition coefficient (Wildman–Crippen LogP) is 2.67. The second-order valence-electron chi connectivity index (χ2n) is 4.18. The fraction of sp³-hybridized carbons (Fsp3) is 0.500. The Hall–Kier alpha value is -1.36.